The van der Waals surface area contributed by atoms with E-state index in [4.69, 9.17) is 5.11 Å². The highest BCUT2D eigenvalue weighted by atomic mass is 16.3. The fourth-order valence-corrected chi connectivity index (χ4v) is 1.91. The number of hydrogen-bond donors (Lipinski definition) is 2. The van der Waals surface area contributed by atoms with Crippen molar-refractivity contribution in [3.8, 4) is 0 Å². The minimum atomic E-state index is 0.257. The molecule has 0 unspecified atom stereocenters. The molecule has 0 radical (unpaired) electrons. The van der Waals surface area contributed by atoms with Crippen molar-refractivity contribution in [3.63, 3.8) is 0 Å². The van der Waals surface area contributed by atoms with E-state index >= 15 is 0 Å². The highest BCUT2D eigenvalue weighted by Crippen LogP contribution is 2.26. The molecule has 0 bridgehead atoms. The van der Waals surface area contributed by atoms with Gasteiger partial charge in [-0.15, -0.1) is 0 Å². The maximum absolute atomic E-state index is 9.14. The average molecular weight is 178 g/mol. The van der Waals surface area contributed by atoms with E-state index in [0.717, 1.165) is 13.1 Å². The Morgan fingerprint density at radius 1 is 1.54 bits per heavy atom. The van der Waals surface area contributed by atoms with Crippen LogP contribution in [0.2, 0.25) is 0 Å². The van der Waals surface area contributed by atoms with Crippen LogP contribution in [-0.2, 0) is 0 Å². The fourth-order valence-electron chi connectivity index (χ4n) is 1.91. The normalized spacial score (nSPS) is 27.8. The summed E-state index contributed by atoms with van der Waals surface area (Å²) in [6.45, 7) is 2.12. The van der Waals surface area contributed by atoms with Gasteiger partial charge in [-0.05, 0) is 11.6 Å². The number of aliphatic hydroxyl groups is 1. The molecule has 2 rings (SSSR count). The summed E-state index contributed by atoms with van der Waals surface area (Å²) in [5.41, 5.74) is 1.23. The number of nitrogens with one attached hydrogen (secondary N) is 1. The third kappa shape index (κ3) is 1.71. The molecule has 3 heteroatoms. The second kappa shape index (κ2) is 3.85. The Morgan fingerprint density at radius 2 is 2.46 bits per heavy atom. The molecule has 0 spiro atoms. The third-order valence-electron chi connectivity index (χ3n) is 2.69. The number of rotatable bonds is 2. The van der Waals surface area contributed by atoms with Crippen LogP contribution in [0.3, 0.4) is 0 Å². The molecule has 1 aromatic rings. The van der Waals surface area contributed by atoms with Gasteiger partial charge in [0, 0.05) is 43.9 Å². The lowest BCUT2D eigenvalue weighted by atomic mass is 9.91. The molecule has 2 atom stereocenters. The minimum Gasteiger partial charge on any atom is -0.396 e. The van der Waals surface area contributed by atoms with Crippen molar-refractivity contribution in [3.05, 3.63) is 30.1 Å². The number of hydrogen-bond acceptors (Lipinski definition) is 3. The predicted octanol–water partition coefficient (Wildman–Crippen LogP) is 0.377. The number of aromatic nitrogens is 1. The van der Waals surface area contributed by atoms with Gasteiger partial charge in [-0.25, -0.2) is 0 Å². The van der Waals surface area contributed by atoms with Crippen molar-refractivity contribution >= 4 is 0 Å². The largest absolute Gasteiger partial charge is 0.396 e. The molecule has 2 N–H and O–H groups in total. The highest BCUT2D eigenvalue weighted by Gasteiger charge is 2.27. The second-order valence-electron chi connectivity index (χ2n) is 3.49. The zero-order chi connectivity index (χ0) is 9.10. The summed E-state index contributed by atoms with van der Waals surface area (Å²) in [5.74, 6) is 0.780. The van der Waals surface area contributed by atoms with Gasteiger partial charge >= 0.3 is 0 Å². The van der Waals surface area contributed by atoms with E-state index in [2.05, 4.69) is 16.4 Å². The van der Waals surface area contributed by atoms with Crippen molar-refractivity contribution in [1.29, 1.82) is 0 Å². The molecular formula is C10H14N2O. The van der Waals surface area contributed by atoms with E-state index in [-0.39, 0.29) is 6.61 Å². The van der Waals surface area contributed by atoms with E-state index < -0.39 is 0 Å². The lowest BCUT2D eigenvalue weighted by Gasteiger charge is -2.15. The zero-order valence-electron chi connectivity index (χ0n) is 7.48. The standard InChI is InChI=1S/C10H14N2O/c13-7-9-5-12-6-10(9)8-2-1-3-11-4-8/h1-4,9-10,12-13H,5-7H2/t9-,10-/m0/s1. The molecular weight excluding hydrogens is 164 g/mol. The van der Waals surface area contributed by atoms with E-state index in [1.165, 1.54) is 5.56 Å². The van der Waals surface area contributed by atoms with Gasteiger partial charge in [0.15, 0.2) is 0 Å². The average Bonchev–Trinajstić information content (AvgIpc) is 2.67. The van der Waals surface area contributed by atoms with Crippen LogP contribution in [0.4, 0.5) is 0 Å². The molecule has 0 saturated carbocycles. The van der Waals surface area contributed by atoms with Gasteiger partial charge in [0.1, 0.15) is 0 Å². The Labute approximate surface area is 77.8 Å². The molecule has 70 valence electrons. The molecule has 3 nitrogen and oxygen atoms in total. The molecule has 1 aliphatic heterocycles. The van der Waals surface area contributed by atoms with E-state index in [1.807, 2.05) is 12.3 Å². The van der Waals surface area contributed by atoms with E-state index in [9.17, 15) is 0 Å². The molecule has 1 aromatic heterocycles. The fraction of sp³-hybridized carbons (Fsp3) is 0.500. The van der Waals surface area contributed by atoms with E-state index in [0.29, 0.717) is 11.8 Å². The molecule has 0 amide bonds. The van der Waals surface area contributed by atoms with Gasteiger partial charge in [-0.3, -0.25) is 4.98 Å². The summed E-state index contributed by atoms with van der Waals surface area (Å²) in [4.78, 5) is 4.09. The van der Waals surface area contributed by atoms with Crippen LogP contribution in [0.15, 0.2) is 24.5 Å². The van der Waals surface area contributed by atoms with E-state index in [1.54, 1.807) is 6.20 Å². The molecule has 13 heavy (non-hydrogen) atoms. The molecule has 1 aliphatic rings. The first-order chi connectivity index (χ1) is 6.42. The summed E-state index contributed by atoms with van der Waals surface area (Å²) in [7, 11) is 0. The highest BCUT2D eigenvalue weighted by molar-refractivity contribution is 5.18. The number of aliphatic hydroxyl groups excluding tert-OH is 1. The minimum absolute atomic E-state index is 0.257. The number of pyridine rings is 1. The lowest BCUT2D eigenvalue weighted by molar-refractivity contribution is 0.226. The van der Waals surface area contributed by atoms with Gasteiger partial charge in [-0.1, -0.05) is 6.07 Å². The van der Waals surface area contributed by atoms with Crippen molar-refractivity contribution in [2.75, 3.05) is 19.7 Å². The van der Waals surface area contributed by atoms with Crippen LogP contribution < -0.4 is 5.32 Å². The second-order valence-corrected chi connectivity index (χ2v) is 3.49. The smallest absolute Gasteiger partial charge is 0.0477 e. The van der Waals surface area contributed by atoms with Gasteiger partial charge < -0.3 is 10.4 Å². The molecule has 0 aliphatic carbocycles. The summed E-state index contributed by atoms with van der Waals surface area (Å²) in [6, 6.07) is 4.02. The van der Waals surface area contributed by atoms with Crippen LogP contribution in [0.5, 0.6) is 0 Å². The zero-order valence-corrected chi connectivity index (χ0v) is 7.48. The van der Waals surface area contributed by atoms with Crippen LogP contribution in [-0.4, -0.2) is 29.8 Å². The lowest BCUT2D eigenvalue weighted by Crippen LogP contribution is -2.14. The summed E-state index contributed by atoms with van der Waals surface area (Å²) < 4.78 is 0. The Kier molecular flexibility index (Phi) is 2.57. The van der Waals surface area contributed by atoms with Crippen LogP contribution in [0.1, 0.15) is 11.5 Å². The van der Waals surface area contributed by atoms with Crippen LogP contribution in [0.25, 0.3) is 0 Å². The Balaban J connectivity index is 2.16. The van der Waals surface area contributed by atoms with Crippen LogP contribution >= 0.6 is 0 Å². The Bertz CT molecular complexity index is 263. The molecule has 0 aromatic carbocycles. The summed E-state index contributed by atoms with van der Waals surface area (Å²) in [5, 5.41) is 12.4. The van der Waals surface area contributed by atoms with Gasteiger partial charge in [0.05, 0.1) is 0 Å². The number of nitrogens with zero attached hydrogens (tertiary/aromatic N) is 1. The maximum Gasteiger partial charge on any atom is 0.0477 e. The third-order valence-corrected chi connectivity index (χ3v) is 2.69. The predicted molar refractivity (Wildman–Crippen MR) is 50.4 cm³/mol. The Hall–Kier alpha value is -0.930. The first kappa shape index (κ1) is 8.66. The van der Waals surface area contributed by atoms with Crippen molar-refractivity contribution < 1.29 is 5.11 Å². The van der Waals surface area contributed by atoms with Crippen LogP contribution in [0, 0.1) is 5.92 Å². The van der Waals surface area contributed by atoms with Crippen molar-refractivity contribution in [2.45, 2.75) is 5.92 Å². The first-order valence-corrected chi connectivity index (χ1v) is 4.63. The maximum atomic E-state index is 9.14. The van der Waals surface area contributed by atoms with Gasteiger partial charge in [0.25, 0.3) is 0 Å². The Morgan fingerprint density at radius 3 is 3.15 bits per heavy atom. The first-order valence-electron chi connectivity index (χ1n) is 4.63. The molecule has 2 heterocycles. The topological polar surface area (TPSA) is 45.1 Å². The van der Waals surface area contributed by atoms with Gasteiger partial charge in [-0.2, -0.15) is 0 Å². The molecule has 1 fully saturated rings. The monoisotopic (exact) mass is 178 g/mol. The summed E-state index contributed by atoms with van der Waals surface area (Å²) in [6.07, 6.45) is 3.67. The van der Waals surface area contributed by atoms with Crippen molar-refractivity contribution in [2.24, 2.45) is 5.92 Å². The van der Waals surface area contributed by atoms with Gasteiger partial charge in [0.2, 0.25) is 0 Å². The summed E-state index contributed by atoms with van der Waals surface area (Å²) >= 11 is 0. The quantitative estimate of drug-likeness (QED) is 0.688. The SMILES string of the molecule is OC[C@@H]1CNC[C@H]1c1cccnc1. The molecule has 1 saturated heterocycles. The van der Waals surface area contributed by atoms with Crippen molar-refractivity contribution in [1.82, 2.24) is 10.3 Å².